The molecule has 1 aliphatic rings. The van der Waals surface area contributed by atoms with Gasteiger partial charge in [-0.15, -0.1) is 0 Å². The van der Waals surface area contributed by atoms with Crippen LogP contribution >= 0.6 is 0 Å². The molecule has 0 saturated carbocycles. The van der Waals surface area contributed by atoms with E-state index >= 15 is 0 Å². The fourth-order valence-electron chi connectivity index (χ4n) is 2.24. The average molecular weight is 218 g/mol. The second-order valence-electron chi connectivity index (χ2n) is 5.05. The fourth-order valence-corrected chi connectivity index (χ4v) is 2.24. The number of anilines is 1. The van der Waals surface area contributed by atoms with Gasteiger partial charge in [0.15, 0.2) is 0 Å². The van der Waals surface area contributed by atoms with Crippen molar-refractivity contribution < 1.29 is 0 Å². The number of hydrogen-bond acceptors (Lipinski definition) is 2. The molecule has 0 amide bonds. The molecule has 16 heavy (non-hydrogen) atoms. The van der Waals surface area contributed by atoms with E-state index in [2.05, 4.69) is 55.3 Å². The van der Waals surface area contributed by atoms with Gasteiger partial charge in [-0.3, -0.25) is 0 Å². The van der Waals surface area contributed by atoms with Crippen LogP contribution < -0.4 is 10.2 Å². The first kappa shape index (κ1) is 11.5. The third-order valence-corrected chi connectivity index (χ3v) is 3.29. The Morgan fingerprint density at radius 1 is 1.25 bits per heavy atom. The molecule has 2 heteroatoms. The SMILES string of the molecule is CC(C)c1ccc(N2CCN[C@H](C)C2)cc1. The fraction of sp³-hybridized carbons (Fsp3) is 0.571. The van der Waals surface area contributed by atoms with Gasteiger partial charge in [-0.2, -0.15) is 0 Å². The van der Waals surface area contributed by atoms with E-state index < -0.39 is 0 Å². The molecule has 0 bridgehead atoms. The second-order valence-corrected chi connectivity index (χ2v) is 5.05. The highest BCUT2D eigenvalue weighted by Gasteiger charge is 2.15. The van der Waals surface area contributed by atoms with Crippen molar-refractivity contribution in [1.29, 1.82) is 0 Å². The molecule has 1 saturated heterocycles. The van der Waals surface area contributed by atoms with Crippen LogP contribution in [-0.4, -0.2) is 25.7 Å². The maximum absolute atomic E-state index is 3.47. The summed E-state index contributed by atoms with van der Waals surface area (Å²) in [7, 11) is 0. The van der Waals surface area contributed by atoms with Gasteiger partial charge in [0.2, 0.25) is 0 Å². The molecule has 1 aromatic carbocycles. The molecule has 0 unspecified atom stereocenters. The van der Waals surface area contributed by atoms with Crippen molar-refractivity contribution in [3.8, 4) is 0 Å². The minimum Gasteiger partial charge on any atom is -0.369 e. The molecule has 88 valence electrons. The zero-order valence-electron chi connectivity index (χ0n) is 10.5. The molecule has 1 aliphatic heterocycles. The monoisotopic (exact) mass is 218 g/mol. The zero-order chi connectivity index (χ0) is 11.5. The van der Waals surface area contributed by atoms with Crippen molar-refractivity contribution in [2.24, 2.45) is 0 Å². The van der Waals surface area contributed by atoms with Crippen molar-refractivity contribution in [2.75, 3.05) is 24.5 Å². The highest BCUT2D eigenvalue weighted by atomic mass is 15.2. The predicted molar refractivity (Wildman–Crippen MR) is 70.2 cm³/mol. The minimum atomic E-state index is 0.596. The maximum atomic E-state index is 3.47. The lowest BCUT2D eigenvalue weighted by Gasteiger charge is -2.33. The molecule has 2 rings (SSSR count). The lowest BCUT2D eigenvalue weighted by Crippen LogP contribution is -2.49. The smallest absolute Gasteiger partial charge is 0.0367 e. The number of nitrogens with one attached hydrogen (secondary N) is 1. The number of nitrogens with zero attached hydrogens (tertiary/aromatic N) is 1. The van der Waals surface area contributed by atoms with Gasteiger partial charge < -0.3 is 10.2 Å². The van der Waals surface area contributed by atoms with Crippen LogP contribution in [0.4, 0.5) is 5.69 Å². The van der Waals surface area contributed by atoms with E-state index in [1.54, 1.807) is 0 Å². The molecule has 1 heterocycles. The largest absolute Gasteiger partial charge is 0.369 e. The molecule has 2 nitrogen and oxygen atoms in total. The van der Waals surface area contributed by atoms with Gasteiger partial charge >= 0.3 is 0 Å². The minimum absolute atomic E-state index is 0.596. The van der Waals surface area contributed by atoms with Gasteiger partial charge in [0.05, 0.1) is 0 Å². The first-order chi connectivity index (χ1) is 7.66. The Kier molecular flexibility index (Phi) is 3.49. The van der Waals surface area contributed by atoms with Gasteiger partial charge in [0.25, 0.3) is 0 Å². The summed E-state index contributed by atoms with van der Waals surface area (Å²) in [6.07, 6.45) is 0. The van der Waals surface area contributed by atoms with Crippen LogP contribution in [0.15, 0.2) is 24.3 Å². The first-order valence-corrected chi connectivity index (χ1v) is 6.25. The summed E-state index contributed by atoms with van der Waals surface area (Å²) in [5.41, 5.74) is 2.78. The van der Waals surface area contributed by atoms with Crippen LogP contribution in [-0.2, 0) is 0 Å². The Hall–Kier alpha value is -1.02. The molecule has 0 radical (unpaired) electrons. The van der Waals surface area contributed by atoms with Crippen LogP contribution in [0.1, 0.15) is 32.3 Å². The van der Waals surface area contributed by atoms with Crippen LogP contribution in [0.2, 0.25) is 0 Å². The zero-order valence-corrected chi connectivity index (χ0v) is 10.5. The average Bonchev–Trinajstić information content (AvgIpc) is 2.29. The van der Waals surface area contributed by atoms with Crippen molar-refractivity contribution in [2.45, 2.75) is 32.7 Å². The number of piperazine rings is 1. The van der Waals surface area contributed by atoms with Crippen molar-refractivity contribution >= 4 is 5.69 Å². The van der Waals surface area contributed by atoms with E-state index in [0.717, 1.165) is 19.6 Å². The van der Waals surface area contributed by atoms with Gasteiger partial charge in [-0.1, -0.05) is 26.0 Å². The van der Waals surface area contributed by atoms with Crippen LogP contribution in [0.25, 0.3) is 0 Å². The summed E-state index contributed by atoms with van der Waals surface area (Å²) >= 11 is 0. The van der Waals surface area contributed by atoms with Gasteiger partial charge in [0, 0.05) is 31.4 Å². The molecule has 1 atom stereocenters. The Labute approximate surface area is 98.7 Å². The normalized spacial score (nSPS) is 21.5. The molecule has 1 aromatic rings. The lowest BCUT2D eigenvalue weighted by molar-refractivity contribution is 0.485. The van der Waals surface area contributed by atoms with E-state index in [-0.39, 0.29) is 0 Å². The van der Waals surface area contributed by atoms with Crippen molar-refractivity contribution in [1.82, 2.24) is 5.32 Å². The molecule has 0 spiro atoms. The van der Waals surface area contributed by atoms with E-state index in [0.29, 0.717) is 12.0 Å². The van der Waals surface area contributed by atoms with Crippen LogP contribution in [0.5, 0.6) is 0 Å². The standard InChI is InChI=1S/C14H22N2/c1-11(2)13-4-6-14(7-5-13)16-9-8-15-12(3)10-16/h4-7,11-12,15H,8-10H2,1-3H3/t12-/m1/s1. The van der Waals surface area contributed by atoms with Crippen molar-refractivity contribution in [3.63, 3.8) is 0 Å². The Balaban J connectivity index is 2.09. The maximum Gasteiger partial charge on any atom is 0.0367 e. The summed E-state index contributed by atoms with van der Waals surface area (Å²) in [6, 6.07) is 9.62. The van der Waals surface area contributed by atoms with Crippen LogP contribution in [0, 0.1) is 0 Å². The van der Waals surface area contributed by atoms with Gasteiger partial charge in [-0.25, -0.2) is 0 Å². The van der Waals surface area contributed by atoms with Crippen LogP contribution in [0.3, 0.4) is 0 Å². The molecular formula is C14H22N2. The summed E-state index contributed by atoms with van der Waals surface area (Å²) in [5, 5.41) is 3.47. The molecule has 1 fully saturated rings. The Morgan fingerprint density at radius 3 is 2.50 bits per heavy atom. The third kappa shape index (κ3) is 2.56. The predicted octanol–water partition coefficient (Wildman–Crippen LogP) is 2.61. The first-order valence-electron chi connectivity index (χ1n) is 6.25. The van der Waals surface area contributed by atoms with Gasteiger partial charge in [-0.05, 0) is 30.5 Å². The summed E-state index contributed by atoms with van der Waals surface area (Å²) < 4.78 is 0. The molecular weight excluding hydrogens is 196 g/mol. The van der Waals surface area contributed by atoms with Crippen molar-refractivity contribution in [3.05, 3.63) is 29.8 Å². The molecule has 1 N–H and O–H groups in total. The van der Waals surface area contributed by atoms with E-state index in [1.807, 2.05) is 0 Å². The van der Waals surface area contributed by atoms with E-state index in [1.165, 1.54) is 11.3 Å². The topological polar surface area (TPSA) is 15.3 Å². The summed E-state index contributed by atoms with van der Waals surface area (Å²) in [6.45, 7) is 10.0. The summed E-state index contributed by atoms with van der Waals surface area (Å²) in [4.78, 5) is 2.46. The molecule has 0 aromatic heterocycles. The van der Waals surface area contributed by atoms with E-state index in [4.69, 9.17) is 0 Å². The Bertz CT molecular complexity index is 329. The summed E-state index contributed by atoms with van der Waals surface area (Å²) in [5.74, 6) is 0.621. The highest BCUT2D eigenvalue weighted by molar-refractivity contribution is 5.48. The lowest BCUT2D eigenvalue weighted by atomic mass is 10.0. The van der Waals surface area contributed by atoms with E-state index in [9.17, 15) is 0 Å². The quantitative estimate of drug-likeness (QED) is 0.821. The number of hydrogen-bond donors (Lipinski definition) is 1. The highest BCUT2D eigenvalue weighted by Crippen LogP contribution is 2.20. The number of benzene rings is 1. The van der Waals surface area contributed by atoms with Gasteiger partial charge in [0.1, 0.15) is 0 Å². The third-order valence-electron chi connectivity index (χ3n) is 3.29. The number of rotatable bonds is 2. The molecule has 0 aliphatic carbocycles. The Morgan fingerprint density at radius 2 is 1.94 bits per heavy atom. The second kappa shape index (κ2) is 4.88.